The van der Waals surface area contributed by atoms with Crippen molar-refractivity contribution in [3.8, 4) is 11.5 Å². The van der Waals surface area contributed by atoms with E-state index in [1.165, 1.54) is 0 Å². The molecule has 3 heterocycles. The summed E-state index contributed by atoms with van der Waals surface area (Å²) in [6, 6.07) is 3.88. The van der Waals surface area contributed by atoms with Gasteiger partial charge in [0.05, 0.1) is 12.2 Å². The second-order valence-electron chi connectivity index (χ2n) is 6.08. The third-order valence-electron chi connectivity index (χ3n) is 3.24. The Kier molecular flexibility index (Phi) is 3.19. The van der Waals surface area contributed by atoms with Gasteiger partial charge in [-0.05, 0) is 32.9 Å². The quantitative estimate of drug-likeness (QED) is 0.871. The highest BCUT2D eigenvalue weighted by Gasteiger charge is 2.28. The van der Waals surface area contributed by atoms with Crippen molar-refractivity contribution in [2.75, 3.05) is 6.54 Å². The van der Waals surface area contributed by atoms with Gasteiger partial charge < -0.3 is 14.3 Å². The zero-order valence-electron chi connectivity index (χ0n) is 12.5. The van der Waals surface area contributed by atoms with Crippen LogP contribution in [-0.4, -0.2) is 42.9 Å². The van der Waals surface area contributed by atoms with Crippen LogP contribution in [0.15, 0.2) is 18.3 Å². The molecule has 112 valence electrons. The Morgan fingerprint density at radius 1 is 1.33 bits per heavy atom. The molecule has 0 unspecified atom stereocenters. The third kappa shape index (κ3) is 2.76. The van der Waals surface area contributed by atoms with Gasteiger partial charge in [-0.3, -0.25) is 4.90 Å². The first-order valence-electron chi connectivity index (χ1n) is 6.98. The van der Waals surface area contributed by atoms with Crippen LogP contribution in [-0.2, 0) is 17.8 Å². The van der Waals surface area contributed by atoms with E-state index in [0.29, 0.717) is 19.6 Å². The van der Waals surface area contributed by atoms with E-state index in [2.05, 4.69) is 15.2 Å². The first-order chi connectivity index (χ1) is 9.94. The molecule has 7 heteroatoms. The molecule has 7 nitrogen and oxygen atoms in total. The third-order valence-corrected chi connectivity index (χ3v) is 3.24. The molecular weight excluding hydrogens is 270 g/mol. The predicted molar refractivity (Wildman–Crippen MR) is 76.5 cm³/mol. The van der Waals surface area contributed by atoms with Crippen LogP contribution in [0.4, 0.5) is 4.79 Å². The van der Waals surface area contributed by atoms with Crippen LogP contribution in [0.3, 0.4) is 0 Å². The fourth-order valence-electron chi connectivity index (χ4n) is 2.31. The lowest BCUT2D eigenvalue weighted by atomic mass is 10.2. The molecule has 0 radical (unpaired) electrons. The molecule has 21 heavy (non-hydrogen) atoms. The lowest BCUT2D eigenvalue weighted by molar-refractivity contribution is 0.0196. The van der Waals surface area contributed by atoms with Crippen molar-refractivity contribution in [1.82, 2.24) is 24.6 Å². The monoisotopic (exact) mass is 289 g/mol. The Morgan fingerprint density at radius 3 is 2.81 bits per heavy atom. The molecule has 2 aromatic rings. The Labute approximate surface area is 122 Å². The number of fused-ring (bicyclic) bond motifs is 1. The molecule has 0 atom stereocenters. The molecule has 0 fully saturated rings. The molecule has 0 saturated heterocycles. The first-order valence-corrected chi connectivity index (χ1v) is 6.98. The number of amides is 1. The summed E-state index contributed by atoms with van der Waals surface area (Å²) >= 11 is 0. The zero-order chi connectivity index (χ0) is 15.0. The van der Waals surface area contributed by atoms with E-state index in [1.807, 2.05) is 43.7 Å². The first kappa shape index (κ1) is 13.7. The molecule has 1 amide bonds. The van der Waals surface area contributed by atoms with Crippen LogP contribution < -0.4 is 0 Å². The van der Waals surface area contributed by atoms with Gasteiger partial charge >= 0.3 is 6.09 Å². The highest BCUT2D eigenvalue weighted by Crippen LogP contribution is 2.21. The number of rotatable bonds is 1. The Hall–Kier alpha value is -2.31. The van der Waals surface area contributed by atoms with Gasteiger partial charge in [-0.15, -0.1) is 10.2 Å². The summed E-state index contributed by atoms with van der Waals surface area (Å²) in [5, 5.41) is 8.40. The van der Waals surface area contributed by atoms with Gasteiger partial charge in [0, 0.05) is 19.3 Å². The smallest absolute Gasteiger partial charge is 0.410 e. The number of aromatic amines is 1. The van der Waals surface area contributed by atoms with Crippen molar-refractivity contribution >= 4 is 6.09 Å². The number of hydrogen-bond donors (Lipinski definition) is 1. The second kappa shape index (κ2) is 4.91. The van der Waals surface area contributed by atoms with Crippen LogP contribution in [0.2, 0.25) is 0 Å². The number of hydrogen-bond acceptors (Lipinski definition) is 4. The number of carbonyl (C=O) groups is 1. The van der Waals surface area contributed by atoms with E-state index < -0.39 is 5.60 Å². The van der Waals surface area contributed by atoms with Crippen LogP contribution in [0.1, 0.15) is 26.6 Å². The summed E-state index contributed by atoms with van der Waals surface area (Å²) in [6.07, 6.45) is 1.55. The van der Waals surface area contributed by atoms with Gasteiger partial charge in [-0.2, -0.15) is 0 Å². The Morgan fingerprint density at radius 2 is 2.14 bits per heavy atom. The predicted octanol–water partition coefficient (Wildman–Crippen LogP) is 2.02. The normalized spacial score (nSPS) is 14.9. The average Bonchev–Trinajstić information content (AvgIpc) is 3.04. The van der Waals surface area contributed by atoms with Crippen molar-refractivity contribution in [2.45, 2.75) is 39.5 Å². The van der Waals surface area contributed by atoms with Crippen LogP contribution in [0.5, 0.6) is 0 Å². The van der Waals surface area contributed by atoms with Crippen molar-refractivity contribution in [1.29, 1.82) is 0 Å². The lowest BCUT2D eigenvalue weighted by Gasteiger charge is -2.30. The highest BCUT2D eigenvalue weighted by molar-refractivity contribution is 5.68. The molecule has 0 aromatic carbocycles. The number of nitrogens with one attached hydrogen (secondary N) is 1. The lowest BCUT2D eigenvalue weighted by Crippen LogP contribution is -2.41. The van der Waals surface area contributed by atoms with Crippen molar-refractivity contribution in [3.63, 3.8) is 0 Å². The Balaban J connectivity index is 1.77. The highest BCUT2D eigenvalue weighted by atomic mass is 16.6. The summed E-state index contributed by atoms with van der Waals surface area (Å²) in [6.45, 7) is 7.26. The molecule has 0 bridgehead atoms. The maximum atomic E-state index is 12.1. The summed E-state index contributed by atoms with van der Waals surface area (Å²) < 4.78 is 7.43. The molecule has 1 N–H and O–H groups in total. The second-order valence-corrected chi connectivity index (χ2v) is 6.08. The molecule has 1 aliphatic heterocycles. The van der Waals surface area contributed by atoms with Crippen molar-refractivity contribution < 1.29 is 9.53 Å². The number of carbonyl (C=O) groups excluding carboxylic acids is 1. The minimum Gasteiger partial charge on any atom is -0.444 e. The fourth-order valence-corrected chi connectivity index (χ4v) is 2.31. The summed E-state index contributed by atoms with van der Waals surface area (Å²) in [7, 11) is 0. The molecule has 0 saturated carbocycles. The van der Waals surface area contributed by atoms with E-state index in [-0.39, 0.29) is 6.09 Å². The van der Waals surface area contributed by atoms with E-state index in [9.17, 15) is 4.79 Å². The van der Waals surface area contributed by atoms with Gasteiger partial charge in [0.25, 0.3) is 0 Å². The average molecular weight is 289 g/mol. The Bertz CT molecular complexity index is 639. The van der Waals surface area contributed by atoms with Gasteiger partial charge in [-0.25, -0.2) is 4.79 Å². The summed E-state index contributed by atoms with van der Waals surface area (Å²) in [5.74, 6) is 1.58. The number of H-pyrrole nitrogens is 1. The van der Waals surface area contributed by atoms with Crippen molar-refractivity contribution in [3.05, 3.63) is 24.2 Å². The van der Waals surface area contributed by atoms with Crippen LogP contribution in [0, 0.1) is 0 Å². The van der Waals surface area contributed by atoms with Gasteiger partial charge in [0.1, 0.15) is 5.60 Å². The zero-order valence-corrected chi connectivity index (χ0v) is 12.5. The fraction of sp³-hybridized carbons (Fsp3) is 0.500. The molecule has 0 aliphatic carbocycles. The SMILES string of the molecule is CC(C)(C)OC(=O)N1CCn2c(nnc2-c2ccc[nH]2)C1. The molecule has 2 aromatic heterocycles. The number of aromatic nitrogens is 4. The van der Waals surface area contributed by atoms with E-state index in [1.54, 1.807) is 4.90 Å². The topological polar surface area (TPSA) is 76.0 Å². The van der Waals surface area contributed by atoms with E-state index in [0.717, 1.165) is 17.3 Å². The number of ether oxygens (including phenoxy) is 1. The van der Waals surface area contributed by atoms with Gasteiger partial charge in [-0.1, -0.05) is 0 Å². The van der Waals surface area contributed by atoms with E-state index in [4.69, 9.17) is 4.74 Å². The minimum atomic E-state index is -0.488. The molecule has 3 rings (SSSR count). The number of nitrogens with zero attached hydrogens (tertiary/aromatic N) is 4. The minimum absolute atomic E-state index is 0.307. The molecule has 1 aliphatic rings. The summed E-state index contributed by atoms with van der Waals surface area (Å²) in [4.78, 5) is 16.9. The van der Waals surface area contributed by atoms with Gasteiger partial charge in [0.15, 0.2) is 11.6 Å². The molecular formula is C14H19N5O2. The maximum Gasteiger partial charge on any atom is 0.410 e. The van der Waals surface area contributed by atoms with Crippen molar-refractivity contribution in [2.24, 2.45) is 0 Å². The van der Waals surface area contributed by atoms with Gasteiger partial charge in [0.2, 0.25) is 0 Å². The van der Waals surface area contributed by atoms with Crippen LogP contribution in [0.25, 0.3) is 11.5 Å². The van der Waals surface area contributed by atoms with E-state index >= 15 is 0 Å². The largest absolute Gasteiger partial charge is 0.444 e. The molecule has 0 spiro atoms. The van der Waals surface area contributed by atoms with Crippen LogP contribution >= 0.6 is 0 Å². The maximum absolute atomic E-state index is 12.1. The standard InChI is InChI=1S/C14H19N5O2/c1-14(2,3)21-13(20)18-7-8-19-11(9-18)16-17-12(19)10-5-4-6-15-10/h4-6,15H,7-9H2,1-3H3. The summed E-state index contributed by atoms with van der Waals surface area (Å²) in [5.41, 5.74) is 0.442.